The van der Waals surface area contributed by atoms with E-state index in [-0.39, 0.29) is 6.54 Å². The molecule has 0 saturated heterocycles. The minimum Gasteiger partial charge on any atom is -0.339 e. The molecule has 0 heterocycles. The Morgan fingerprint density at radius 2 is 1.38 bits per heavy atom. The van der Waals surface area contributed by atoms with Gasteiger partial charge in [-0.05, 0) is 43.3 Å². The number of halogens is 1. The van der Waals surface area contributed by atoms with E-state index in [0.717, 1.165) is 5.56 Å². The van der Waals surface area contributed by atoms with Crippen LogP contribution in [-0.4, -0.2) is 24.3 Å². The fourth-order valence-electron chi connectivity index (χ4n) is 1.80. The van der Waals surface area contributed by atoms with Crippen LogP contribution in [0, 0.1) is 6.92 Å². The van der Waals surface area contributed by atoms with Crippen LogP contribution in [-0.2, 0) is 14.4 Å². The summed E-state index contributed by atoms with van der Waals surface area (Å²) in [5, 5.41) is 7.83. The summed E-state index contributed by atoms with van der Waals surface area (Å²) >= 11 is 5.75. The van der Waals surface area contributed by atoms with Gasteiger partial charge >= 0.3 is 11.8 Å². The standard InChI is InChI=1S/C17H16ClN3O3/c1-11-2-6-14(7-3-11)21-17(24)16(23)19-10-15(22)20-13-8-4-12(18)5-9-13/h2-9H,10H2,1H3,(H,19,23)(H,20,22)(H,21,24). The number of benzene rings is 2. The van der Waals surface area contributed by atoms with Gasteiger partial charge in [0, 0.05) is 16.4 Å². The fraction of sp³-hybridized carbons (Fsp3) is 0.118. The molecule has 0 saturated carbocycles. The second-order valence-corrected chi connectivity index (χ2v) is 5.49. The molecule has 0 aliphatic carbocycles. The molecule has 0 bridgehead atoms. The smallest absolute Gasteiger partial charge is 0.313 e. The molecule has 0 unspecified atom stereocenters. The van der Waals surface area contributed by atoms with E-state index < -0.39 is 17.7 Å². The first-order valence-corrected chi connectivity index (χ1v) is 7.53. The minimum atomic E-state index is -0.887. The SMILES string of the molecule is Cc1ccc(NC(=O)C(=O)NCC(=O)Nc2ccc(Cl)cc2)cc1. The molecule has 2 rings (SSSR count). The number of carbonyl (C=O) groups is 3. The van der Waals surface area contributed by atoms with Crippen LogP contribution in [0.2, 0.25) is 5.02 Å². The van der Waals surface area contributed by atoms with Crippen LogP contribution in [0.15, 0.2) is 48.5 Å². The molecule has 0 atom stereocenters. The maximum Gasteiger partial charge on any atom is 0.313 e. The maximum absolute atomic E-state index is 11.7. The summed E-state index contributed by atoms with van der Waals surface area (Å²) in [5.41, 5.74) is 2.09. The quantitative estimate of drug-likeness (QED) is 0.743. The predicted molar refractivity (Wildman–Crippen MR) is 92.9 cm³/mol. The van der Waals surface area contributed by atoms with E-state index in [1.807, 2.05) is 19.1 Å². The molecule has 0 aliphatic heterocycles. The van der Waals surface area contributed by atoms with Gasteiger partial charge in [-0.1, -0.05) is 29.3 Å². The lowest BCUT2D eigenvalue weighted by Gasteiger charge is -2.08. The van der Waals surface area contributed by atoms with Crippen LogP contribution >= 0.6 is 11.6 Å². The normalized spacial score (nSPS) is 9.92. The molecule has 0 radical (unpaired) electrons. The van der Waals surface area contributed by atoms with Gasteiger partial charge in [0.1, 0.15) is 0 Å². The van der Waals surface area contributed by atoms with Crippen LogP contribution < -0.4 is 16.0 Å². The van der Waals surface area contributed by atoms with Gasteiger partial charge in [0.05, 0.1) is 6.54 Å². The molecule has 0 aromatic heterocycles. The summed E-state index contributed by atoms with van der Waals surface area (Å²) in [6.45, 7) is 1.60. The first kappa shape index (κ1) is 17.5. The molecule has 0 fully saturated rings. The fourth-order valence-corrected chi connectivity index (χ4v) is 1.93. The third-order valence-electron chi connectivity index (χ3n) is 3.05. The Morgan fingerprint density at radius 1 is 0.833 bits per heavy atom. The summed E-state index contributed by atoms with van der Waals surface area (Å²) in [4.78, 5) is 35.2. The zero-order valence-corrected chi connectivity index (χ0v) is 13.7. The van der Waals surface area contributed by atoms with E-state index in [1.165, 1.54) is 0 Å². The average Bonchev–Trinajstić information content (AvgIpc) is 2.57. The third kappa shape index (κ3) is 5.40. The summed E-state index contributed by atoms with van der Waals surface area (Å²) in [6, 6.07) is 13.5. The average molecular weight is 346 g/mol. The van der Waals surface area contributed by atoms with Gasteiger partial charge in [-0.25, -0.2) is 0 Å². The summed E-state index contributed by atoms with van der Waals surface area (Å²) < 4.78 is 0. The Bertz CT molecular complexity index is 743. The lowest BCUT2D eigenvalue weighted by Crippen LogP contribution is -2.39. The summed E-state index contributed by atoms with van der Waals surface area (Å²) in [7, 11) is 0. The van der Waals surface area contributed by atoms with Crippen LogP contribution in [0.4, 0.5) is 11.4 Å². The van der Waals surface area contributed by atoms with Gasteiger partial charge in [-0.15, -0.1) is 0 Å². The van der Waals surface area contributed by atoms with Gasteiger partial charge in [-0.2, -0.15) is 0 Å². The lowest BCUT2D eigenvalue weighted by atomic mass is 10.2. The Labute approximate surface area is 144 Å². The first-order chi connectivity index (χ1) is 11.4. The van der Waals surface area contributed by atoms with Crippen LogP contribution in [0.1, 0.15) is 5.56 Å². The third-order valence-corrected chi connectivity index (χ3v) is 3.31. The van der Waals surface area contributed by atoms with Crippen LogP contribution in [0.5, 0.6) is 0 Å². The van der Waals surface area contributed by atoms with Gasteiger partial charge in [0.25, 0.3) is 0 Å². The zero-order chi connectivity index (χ0) is 17.5. The van der Waals surface area contributed by atoms with E-state index in [1.54, 1.807) is 36.4 Å². The van der Waals surface area contributed by atoms with Crippen molar-refractivity contribution in [2.45, 2.75) is 6.92 Å². The van der Waals surface area contributed by atoms with Crippen molar-refractivity contribution in [3.63, 3.8) is 0 Å². The highest BCUT2D eigenvalue weighted by molar-refractivity contribution is 6.39. The molecular formula is C17H16ClN3O3. The highest BCUT2D eigenvalue weighted by Crippen LogP contribution is 2.13. The van der Waals surface area contributed by atoms with Gasteiger partial charge in [-0.3, -0.25) is 14.4 Å². The summed E-state index contributed by atoms with van der Waals surface area (Å²) in [6.07, 6.45) is 0. The van der Waals surface area contributed by atoms with Crippen molar-refractivity contribution in [3.05, 3.63) is 59.1 Å². The maximum atomic E-state index is 11.7. The van der Waals surface area contributed by atoms with E-state index in [4.69, 9.17) is 11.6 Å². The van der Waals surface area contributed by atoms with E-state index in [2.05, 4.69) is 16.0 Å². The van der Waals surface area contributed by atoms with Crippen molar-refractivity contribution >= 4 is 40.7 Å². The van der Waals surface area contributed by atoms with Crippen molar-refractivity contribution < 1.29 is 14.4 Å². The van der Waals surface area contributed by atoms with Crippen molar-refractivity contribution in [2.24, 2.45) is 0 Å². The minimum absolute atomic E-state index is 0.317. The van der Waals surface area contributed by atoms with E-state index in [0.29, 0.717) is 16.4 Å². The van der Waals surface area contributed by atoms with Gasteiger partial charge in [0.15, 0.2) is 0 Å². The highest BCUT2D eigenvalue weighted by Gasteiger charge is 2.14. The van der Waals surface area contributed by atoms with Crippen molar-refractivity contribution in [1.29, 1.82) is 0 Å². The Morgan fingerprint density at radius 3 is 2.00 bits per heavy atom. The zero-order valence-electron chi connectivity index (χ0n) is 12.9. The second kappa shape index (κ2) is 8.12. The molecule has 7 heteroatoms. The van der Waals surface area contributed by atoms with Gasteiger partial charge in [0.2, 0.25) is 5.91 Å². The first-order valence-electron chi connectivity index (χ1n) is 7.15. The summed E-state index contributed by atoms with van der Waals surface area (Å²) in [5.74, 6) is -2.17. The van der Waals surface area contributed by atoms with Crippen molar-refractivity contribution in [3.8, 4) is 0 Å². The topological polar surface area (TPSA) is 87.3 Å². The van der Waals surface area contributed by atoms with Crippen LogP contribution in [0.25, 0.3) is 0 Å². The van der Waals surface area contributed by atoms with Crippen molar-refractivity contribution in [1.82, 2.24) is 5.32 Å². The predicted octanol–water partition coefficient (Wildman–Crippen LogP) is 2.34. The molecule has 2 aromatic rings. The number of anilines is 2. The van der Waals surface area contributed by atoms with E-state index >= 15 is 0 Å². The van der Waals surface area contributed by atoms with E-state index in [9.17, 15) is 14.4 Å². The molecule has 3 amide bonds. The number of amides is 3. The number of carbonyl (C=O) groups excluding carboxylic acids is 3. The highest BCUT2D eigenvalue weighted by atomic mass is 35.5. The molecule has 24 heavy (non-hydrogen) atoms. The molecule has 124 valence electrons. The number of aryl methyl sites for hydroxylation is 1. The second-order valence-electron chi connectivity index (χ2n) is 5.06. The molecular weight excluding hydrogens is 330 g/mol. The number of rotatable bonds is 4. The Kier molecular flexibility index (Phi) is 5.92. The largest absolute Gasteiger partial charge is 0.339 e. The van der Waals surface area contributed by atoms with Crippen molar-refractivity contribution in [2.75, 3.05) is 17.2 Å². The molecule has 6 nitrogen and oxygen atoms in total. The molecule has 0 aliphatic rings. The monoisotopic (exact) mass is 345 g/mol. The number of hydrogen-bond acceptors (Lipinski definition) is 3. The number of nitrogens with one attached hydrogen (secondary N) is 3. The molecule has 2 aromatic carbocycles. The van der Waals surface area contributed by atoms with Crippen LogP contribution in [0.3, 0.4) is 0 Å². The van der Waals surface area contributed by atoms with Gasteiger partial charge < -0.3 is 16.0 Å². The molecule has 0 spiro atoms. The number of hydrogen-bond donors (Lipinski definition) is 3. The lowest BCUT2D eigenvalue weighted by molar-refractivity contribution is -0.136. The molecule has 3 N–H and O–H groups in total. The Hall–Kier alpha value is -2.86. The Balaban J connectivity index is 1.79.